The summed E-state index contributed by atoms with van der Waals surface area (Å²) in [6, 6.07) is 3.86. The maximum atomic E-state index is 12.7. The lowest BCUT2D eigenvalue weighted by Crippen LogP contribution is -2.08. The van der Waals surface area contributed by atoms with Crippen LogP contribution in [-0.2, 0) is 6.18 Å². The number of hydrogen-bond acceptors (Lipinski definition) is 1. The highest BCUT2D eigenvalue weighted by Gasteiger charge is 2.34. The lowest BCUT2D eigenvalue weighted by atomic mass is 9.99. The van der Waals surface area contributed by atoms with Gasteiger partial charge in [0.15, 0.2) is 0 Å². The van der Waals surface area contributed by atoms with Crippen molar-refractivity contribution in [2.75, 3.05) is 7.11 Å². The molecule has 0 bridgehead atoms. The van der Waals surface area contributed by atoms with Gasteiger partial charge in [-0.05, 0) is 24.6 Å². The monoisotopic (exact) mass is 228 g/mol. The Bertz CT molecular complexity index is 415. The minimum absolute atomic E-state index is 0.194. The van der Waals surface area contributed by atoms with E-state index in [0.717, 1.165) is 6.07 Å². The fourth-order valence-electron chi connectivity index (χ4n) is 1.31. The molecule has 0 fully saturated rings. The van der Waals surface area contributed by atoms with E-state index in [9.17, 15) is 13.2 Å². The molecule has 0 aliphatic heterocycles. The van der Waals surface area contributed by atoms with Gasteiger partial charge in [0.25, 0.3) is 0 Å². The van der Waals surface area contributed by atoms with E-state index in [1.165, 1.54) is 13.2 Å². The van der Waals surface area contributed by atoms with Crippen LogP contribution >= 0.6 is 0 Å². The summed E-state index contributed by atoms with van der Waals surface area (Å²) in [6.07, 6.45) is 0.736. The lowest BCUT2D eigenvalue weighted by molar-refractivity contribution is -0.138. The summed E-state index contributed by atoms with van der Waals surface area (Å²) in [4.78, 5) is 0. The van der Waals surface area contributed by atoms with E-state index in [0.29, 0.717) is 5.56 Å². The maximum Gasteiger partial charge on any atom is 0.419 e. The Morgan fingerprint density at radius 3 is 2.44 bits per heavy atom. The van der Waals surface area contributed by atoms with Crippen molar-refractivity contribution >= 4 is 0 Å². The average molecular weight is 228 g/mol. The number of hydrogen-bond donors (Lipinski definition) is 0. The molecular weight excluding hydrogens is 217 g/mol. The molecular formula is C12H11F3O. The van der Waals surface area contributed by atoms with Crippen LogP contribution in [0.4, 0.5) is 13.2 Å². The molecule has 1 aromatic carbocycles. The Kier molecular flexibility index (Phi) is 3.48. The molecule has 0 aliphatic rings. The van der Waals surface area contributed by atoms with E-state index in [-0.39, 0.29) is 11.7 Å². The predicted octanol–water partition coefficient (Wildman–Crippen LogP) is 3.45. The summed E-state index contributed by atoms with van der Waals surface area (Å²) in [7, 11) is 1.20. The molecule has 1 aromatic rings. The molecule has 0 saturated heterocycles. The van der Waals surface area contributed by atoms with E-state index in [1.54, 1.807) is 13.0 Å². The van der Waals surface area contributed by atoms with Gasteiger partial charge in [-0.15, -0.1) is 6.42 Å². The largest absolute Gasteiger partial charge is 0.496 e. The molecule has 1 unspecified atom stereocenters. The number of halogens is 3. The van der Waals surface area contributed by atoms with Crippen LogP contribution in [-0.4, -0.2) is 7.11 Å². The molecule has 0 radical (unpaired) electrons. The summed E-state index contributed by atoms with van der Waals surface area (Å²) in [5, 5.41) is 0. The quantitative estimate of drug-likeness (QED) is 0.704. The van der Waals surface area contributed by atoms with Crippen LogP contribution in [0.5, 0.6) is 5.75 Å². The topological polar surface area (TPSA) is 9.23 Å². The zero-order valence-electron chi connectivity index (χ0n) is 8.93. The van der Waals surface area contributed by atoms with E-state index in [2.05, 4.69) is 10.7 Å². The molecule has 0 N–H and O–H groups in total. The Hall–Kier alpha value is -1.63. The zero-order chi connectivity index (χ0) is 12.3. The van der Waals surface area contributed by atoms with Crippen LogP contribution < -0.4 is 4.74 Å². The zero-order valence-corrected chi connectivity index (χ0v) is 8.93. The third kappa shape index (κ3) is 2.48. The van der Waals surface area contributed by atoms with Gasteiger partial charge in [-0.1, -0.05) is 12.0 Å². The minimum atomic E-state index is -4.43. The van der Waals surface area contributed by atoms with Gasteiger partial charge < -0.3 is 4.74 Å². The molecule has 0 spiro atoms. The molecule has 0 saturated carbocycles. The summed E-state index contributed by atoms with van der Waals surface area (Å²) >= 11 is 0. The number of rotatable bonds is 2. The Balaban J connectivity index is 3.28. The highest BCUT2D eigenvalue weighted by molar-refractivity contribution is 5.41. The molecule has 86 valence electrons. The van der Waals surface area contributed by atoms with Gasteiger partial charge in [-0.25, -0.2) is 0 Å². The van der Waals surface area contributed by atoms with Crippen LogP contribution in [0, 0.1) is 12.3 Å². The van der Waals surface area contributed by atoms with Gasteiger partial charge in [0.1, 0.15) is 5.75 Å². The summed E-state index contributed by atoms with van der Waals surface area (Å²) in [5.41, 5.74) is -0.342. The molecule has 0 aliphatic carbocycles. The molecule has 16 heavy (non-hydrogen) atoms. The highest BCUT2D eigenvalue weighted by atomic mass is 19.4. The second kappa shape index (κ2) is 4.48. The van der Waals surface area contributed by atoms with Crippen molar-refractivity contribution in [3.63, 3.8) is 0 Å². The Morgan fingerprint density at radius 1 is 1.38 bits per heavy atom. The summed E-state index contributed by atoms with van der Waals surface area (Å²) in [6.45, 7) is 1.67. The van der Waals surface area contributed by atoms with Gasteiger partial charge in [-0.2, -0.15) is 13.2 Å². The Morgan fingerprint density at radius 2 is 2.00 bits per heavy atom. The van der Waals surface area contributed by atoms with E-state index >= 15 is 0 Å². The van der Waals surface area contributed by atoms with Crippen LogP contribution in [0.2, 0.25) is 0 Å². The van der Waals surface area contributed by atoms with Crippen molar-refractivity contribution in [1.82, 2.24) is 0 Å². The second-order valence-corrected chi connectivity index (χ2v) is 3.35. The maximum absolute atomic E-state index is 12.7. The van der Waals surface area contributed by atoms with Crippen LogP contribution in [0.1, 0.15) is 24.0 Å². The van der Waals surface area contributed by atoms with Gasteiger partial charge >= 0.3 is 6.18 Å². The SMILES string of the molecule is C#CC(C)c1ccc(OC)c(C(F)(F)F)c1. The fraction of sp³-hybridized carbons (Fsp3) is 0.333. The lowest BCUT2D eigenvalue weighted by Gasteiger charge is -2.14. The van der Waals surface area contributed by atoms with Crippen molar-refractivity contribution in [1.29, 1.82) is 0 Å². The highest BCUT2D eigenvalue weighted by Crippen LogP contribution is 2.37. The first-order valence-corrected chi connectivity index (χ1v) is 4.61. The van der Waals surface area contributed by atoms with E-state index in [1.807, 2.05) is 0 Å². The van der Waals surface area contributed by atoms with E-state index in [4.69, 9.17) is 6.42 Å². The first-order valence-electron chi connectivity index (χ1n) is 4.61. The van der Waals surface area contributed by atoms with Crippen molar-refractivity contribution in [3.8, 4) is 18.1 Å². The molecule has 0 aromatic heterocycles. The smallest absolute Gasteiger partial charge is 0.419 e. The second-order valence-electron chi connectivity index (χ2n) is 3.35. The standard InChI is InChI=1S/C12H11F3O/c1-4-8(2)9-5-6-11(16-3)10(7-9)12(13,14)15/h1,5-8H,2-3H3. The van der Waals surface area contributed by atoms with Gasteiger partial charge in [0.05, 0.1) is 12.7 Å². The minimum Gasteiger partial charge on any atom is -0.496 e. The molecule has 1 atom stereocenters. The van der Waals surface area contributed by atoms with E-state index < -0.39 is 11.7 Å². The first-order chi connectivity index (χ1) is 7.40. The molecule has 1 nitrogen and oxygen atoms in total. The van der Waals surface area contributed by atoms with Gasteiger partial charge in [0.2, 0.25) is 0 Å². The normalized spacial score (nSPS) is 13.0. The number of ether oxygens (including phenoxy) is 1. The first kappa shape index (κ1) is 12.4. The summed E-state index contributed by atoms with van der Waals surface area (Å²) < 4.78 is 42.6. The van der Waals surface area contributed by atoms with Crippen molar-refractivity contribution in [2.45, 2.75) is 19.0 Å². The number of terminal acetylenes is 1. The van der Waals surface area contributed by atoms with Crippen LogP contribution in [0.25, 0.3) is 0 Å². The third-order valence-corrected chi connectivity index (χ3v) is 2.28. The van der Waals surface area contributed by atoms with Crippen molar-refractivity contribution in [2.24, 2.45) is 0 Å². The van der Waals surface area contributed by atoms with Gasteiger partial charge in [-0.3, -0.25) is 0 Å². The average Bonchev–Trinajstić information content (AvgIpc) is 2.26. The molecule has 0 amide bonds. The van der Waals surface area contributed by atoms with Crippen LogP contribution in [0.15, 0.2) is 18.2 Å². The molecule has 4 heteroatoms. The number of alkyl halides is 3. The predicted molar refractivity (Wildman–Crippen MR) is 55.2 cm³/mol. The molecule has 0 heterocycles. The fourth-order valence-corrected chi connectivity index (χ4v) is 1.31. The van der Waals surface area contributed by atoms with Crippen LogP contribution in [0.3, 0.4) is 0 Å². The Labute approximate surface area is 92.2 Å². The summed E-state index contributed by atoms with van der Waals surface area (Å²) in [5.74, 6) is 1.84. The number of methoxy groups -OCH3 is 1. The third-order valence-electron chi connectivity index (χ3n) is 2.28. The molecule has 1 rings (SSSR count). The van der Waals surface area contributed by atoms with Crippen molar-refractivity contribution < 1.29 is 17.9 Å². The van der Waals surface area contributed by atoms with Crippen molar-refractivity contribution in [3.05, 3.63) is 29.3 Å². The number of benzene rings is 1. The van der Waals surface area contributed by atoms with Gasteiger partial charge in [0, 0.05) is 5.92 Å².